The van der Waals surface area contributed by atoms with Gasteiger partial charge in [-0.15, -0.1) is 11.3 Å². The van der Waals surface area contributed by atoms with Crippen LogP contribution in [0.3, 0.4) is 0 Å². The average Bonchev–Trinajstić information content (AvgIpc) is 3.43. The SMILES string of the molecule is COc1ccc(Oc2ccc(N3C(=S)N[C@H](c4ccccn4)[C@H]3c3ccc(C)s3)cc2)cc1. The number of hydrogen-bond acceptors (Lipinski definition) is 5. The van der Waals surface area contributed by atoms with Gasteiger partial charge in [-0.1, -0.05) is 6.07 Å². The van der Waals surface area contributed by atoms with Crippen LogP contribution in [0.1, 0.15) is 27.5 Å². The molecule has 33 heavy (non-hydrogen) atoms. The molecular weight excluding hydrogens is 450 g/mol. The van der Waals surface area contributed by atoms with Crippen molar-refractivity contribution in [3.8, 4) is 17.2 Å². The first-order chi connectivity index (χ1) is 16.1. The molecule has 1 fully saturated rings. The number of anilines is 1. The molecule has 3 heterocycles. The van der Waals surface area contributed by atoms with Crippen LogP contribution in [-0.4, -0.2) is 17.2 Å². The van der Waals surface area contributed by atoms with E-state index in [1.165, 1.54) is 9.75 Å². The van der Waals surface area contributed by atoms with Crippen molar-refractivity contribution in [2.45, 2.75) is 19.0 Å². The van der Waals surface area contributed by atoms with Gasteiger partial charge in [0.25, 0.3) is 0 Å². The Kier molecular flexibility index (Phi) is 5.98. The van der Waals surface area contributed by atoms with Crippen LogP contribution in [-0.2, 0) is 0 Å². The molecule has 0 bridgehead atoms. The number of hydrogen-bond donors (Lipinski definition) is 1. The van der Waals surface area contributed by atoms with Crippen LogP contribution in [0.5, 0.6) is 17.2 Å². The molecule has 1 saturated heterocycles. The van der Waals surface area contributed by atoms with Crippen molar-refractivity contribution >= 4 is 34.4 Å². The van der Waals surface area contributed by atoms with E-state index in [9.17, 15) is 0 Å². The first kappa shape index (κ1) is 21.4. The average molecular weight is 474 g/mol. The minimum absolute atomic E-state index is 0.0134. The number of methoxy groups -OCH3 is 1. The third-order valence-corrected chi connectivity index (χ3v) is 6.95. The minimum atomic E-state index is -0.0352. The zero-order valence-corrected chi connectivity index (χ0v) is 19.9. The Morgan fingerprint density at radius 3 is 2.21 bits per heavy atom. The van der Waals surface area contributed by atoms with Crippen molar-refractivity contribution in [3.05, 3.63) is 101 Å². The van der Waals surface area contributed by atoms with Crippen LogP contribution in [0.25, 0.3) is 0 Å². The fourth-order valence-corrected chi connectivity index (χ4v) is 5.34. The number of ether oxygens (including phenoxy) is 2. The third-order valence-electron chi connectivity index (χ3n) is 5.56. The van der Waals surface area contributed by atoms with E-state index in [2.05, 4.69) is 34.3 Å². The Balaban J connectivity index is 1.44. The number of benzene rings is 2. The normalized spacial score (nSPS) is 17.6. The van der Waals surface area contributed by atoms with E-state index in [0.717, 1.165) is 28.6 Å². The standard InChI is InChI=1S/C26H23N3O2S2/c1-17-6-15-23(33-17)25-24(22-5-3-4-16-27-22)28-26(32)29(25)18-7-9-20(10-8-18)31-21-13-11-19(30-2)12-14-21/h3-16,24-25H,1-2H3,(H,28,32)/t24-,25-/m1/s1. The number of thiocarbonyl (C=S) groups is 1. The maximum absolute atomic E-state index is 6.00. The van der Waals surface area contributed by atoms with Crippen molar-refractivity contribution in [2.75, 3.05) is 12.0 Å². The highest BCUT2D eigenvalue weighted by atomic mass is 32.1. The summed E-state index contributed by atoms with van der Waals surface area (Å²) in [5, 5.41) is 4.19. The largest absolute Gasteiger partial charge is 0.497 e. The van der Waals surface area contributed by atoms with E-state index in [0.29, 0.717) is 5.11 Å². The summed E-state index contributed by atoms with van der Waals surface area (Å²) in [5.74, 6) is 2.31. The van der Waals surface area contributed by atoms with Crippen molar-refractivity contribution < 1.29 is 9.47 Å². The monoisotopic (exact) mass is 473 g/mol. The molecular formula is C26H23N3O2S2. The molecule has 0 spiro atoms. The van der Waals surface area contributed by atoms with Gasteiger partial charge in [-0.05, 0) is 91.9 Å². The van der Waals surface area contributed by atoms with Crippen LogP contribution in [0.4, 0.5) is 5.69 Å². The zero-order chi connectivity index (χ0) is 22.8. The Morgan fingerprint density at radius 2 is 1.61 bits per heavy atom. The second kappa shape index (κ2) is 9.21. The maximum Gasteiger partial charge on any atom is 0.174 e. The van der Waals surface area contributed by atoms with Crippen molar-refractivity contribution in [1.29, 1.82) is 0 Å². The van der Waals surface area contributed by atoms with E-state index in [1.807, 2.05) is 72.9 Å². The van der Waals surface area contributed by atoms with Gasteiger partial charge in [0.05, 0.1) is 24.9 Å². The van der Waals surface area contributed by atoms with Crippen molar-refractivity contribution in [2.24, 2.45) is 0 Å². The highest BCUT2D eigenvalue weighted by Gasteiger charge is 2.41. The lowest BCUT2D eigenvalue weighted by molar-refractivity contribution is 0.413. The molecule has 0 radical (unpaired) electrons. The lowest BCUT2D eigenvalue weighted by atomic mass is 10.0. The highest BCUT2D eigenvalue weighted by Crippen LogP contribution is 2.44. The van der Waals surface area contributed by atoms with Crippen LogP contribution >= 0.6 is 23.6 Å². The van der Waals surface area contributed by atoms with Gasteiger partial charge in [-0.2, -0.15) is 0 Å². The summed E-state index contributed by atoms with van der Waals surface area (Å²) in [6, 6.07) is 25.9. The molecule has 0 amide bonds. The first-order valence-corrected chi connectivity index (χ1v) is 11.8. The summed E-state index contributed by atoms with van der Waals surface area (Å²) in [5.41, 5.74) is 1.97. The molecule has 7 heteroatoms. The van der Waals surface area contributed by atoms with E-state index < -0.39 is 0 Å². The number of pyridine rings is 1. The smallest absolute Gasteiger partial charge is 0.174 e. The first-order valence-electron chi connectivity index (χ1n) is 10.6. The van der Waals surface area contributed by atoms with Gasteiger partial charge < -0.3 is 19.7 Å². The molecule has 2 aromatic heterocycles. The molecule has 2 aromatic carbocycles. The number of rotatable bonds is 6. The van der Waals surface area contributed by atoms with Gasteiger partial charge >= 0.3 is 0 Å². The summed E-state index contributed by atoms with van der Waals surface area (Å²) < 4.78 is 11.2. The second-order valence-electron chi connectivity index (χ2n) is 7.72. The van der Waals surface area contributed by atoms with Crippen molar-refractivity contribution in [3.63, 3.8) is 0 Å². The second-order valence-corrected chi connectivity index (χ2v) is 9.42. The quantitative estimate of drug-likeness (QED) is 0.326. The van der Waals surface area contributed by atoms with Crippen molar-refractivity contribution in [1.82, 2.24) is 10.3 Å². The molecule has 2 atom stereocenters. The van der Waals surface area contributed by atoms with E-state index >= 15 is 0 Å². The van der Waals surface area contributed by atoms with Gasteiger partial charge in [-0.25, -0.2) is 0 Å². The zero-order valence-electron chi connectivity index (χ0n) is 18.3. The summed E-state index contributed by atoms with van der Waals surface area (Å²) in [7, 11) is 1.65. The van der Waals surface area contributed by atoms with Gasteiger partial charge in [0.15, 0.2) is 5.11 Å². The maximum atomic E-state index is 6.00. The van der Waals surface area contributed by atoms with E-state index in [-0.39, 0.29) is 12.1 Å². The Bertz CT molecular complexity index is 1240. The molecule has 4 aromatic rings. The fourth-order valence-electron chi connectivity index (χ4n) is 3.99. The van der Waals surface area contributed by atoms with Gasteiger partial charge in [0.1, 0.15) is 17.2 Å². The molecule has 1 aliphatic heterocycles. The van der Waals surface area contributed by atoms with Gasteiger partial charge in [0, 0.05) is 21.6 Å². The molecule has 0 saturated carbocycles. The number of aryl methyl sites for hydroxylation is 1. The summed E-state index contributed by atoms with van der Waals surface area (Å²) in [6.07, 6.45) is 1.82. The van der Waals surface area contributed by atoms with E-state index in [4.69, 9.17) is 21.7 Å². The third kappa shape index (κ3) is 4.42. The highest BCUT2D eigenvalue weighted by molar-refractivity contribution is 7.80. The number of aromatic nitrogens is 1. The summed E-state index contributed by atoms with van der Waals surface area (Å²) in [4.78, 5) is 9.30. The lowest BCUT2D eigenvalue weighted by Gasteiger charge is -2.27. The van der Waals surface area contributed by atoms with Gasteiger partial charge in [0.2, 0.25) is 0 Å². The molecule has 166 valence electrons. The number of nitrogens with one attached hydrogen (secondary N) is 1. The predicted octanol–water partition coefficient (Wildman–Crippen LogP) is 6.43. The molecule has 5 nitrogen and oxygen atoms in total. The Morgan fingerprint density at radius 1 is 0.909 bits per heavy atom. The van der Waals surface area contributed by atoms with Crippen LogP contribution in [0.15, 0.2) is 85.1 Å². The molecule has 1 N–H and O–H groups in total. The Labute approximate surface area is 202 Å². The van der Waals surface area contributed by atoms with E-state index in [1.54, 1.807) is 18.4 Å². The fraction of sp³-hybridized carbons (Fsp3) is 0.154. The topological polar surface area (TPSA) is 46.6 Å². The van der Waals surface area contributed by atoms with Crippen LogP contribution in [0, 0.1) is 6.92 Å². The van der Waals surface area contributed by atoms with Crippen LogP contribution < -0.4 is 19.7 Å². The van der Waals surface area contributed by atoms with Crippen LogP contribution in [0.2, 0.25) is 0 Å². The lowest BCUT2D eigenvalue weighted by Crippen LogP contribution is -2.28. The summed E-state index contributed by atoms with van der Waals surface area (Å²) >= 11 is 7.58. The van der Waals surface area contributed by atoms with Gasteiger partial charge in [-0.3, -0.25) is 4.98 Å². The minimum Gasteiger partial charge on any atom is -0.497 e. The molecule has 1 aliphatic rings. The Hall–Kier alpha value is -3.42. The molecule has 0 unspecified atom stereocenters. The molecule has 5 rings (SSSR count). The summed E-state index contributed by atoms with van der Waals surface area (Å²) in [6.45, 7) is 2.13. The molecule has 0 aliphatic carbocycles. The number of nitrogens with zero attached hydrogens (tertiary/aromatic N) is 2. The predicted molar refractivity (Wildman–Crippen MR) is 136 cm³/mol. The number of thiophene rings is 1.